The van der Waals surface area contributed by atoms with Crippen molar-refractivity contribution in [2.24, 2.45) is 5.92 Å². The van der Waals surface area contributed by atoms with Crippen molar-refractivity contribution < 1.29 is 17.6 Å². The predicted octanol–water partition coefficient (Wildman–Crippen LogP) is 4.92. The Morgan fingerprint density at radius 1 is 1.25 bits per heavy atom. The van der Waals surface area contributed by atoms with Gasteiger partial charge in [-0.2, -0.15) is 4.31 Å². The third-order valence-corrected chi connectivity index (χ3v) is 7.19. The van der Waals surface area contributed by atoms with E-state index < -0.39 is 32.7 Å². The van der Waals surface area contributed by atoms with E-state index in [4.69, 9.17) is 11.6 Å². The Kier molecular flexibility index (Phi) is 7.61. The van der Waals surface area contributed by atoms with Crippen molar-refractivity contribution in [2.75, 3.05) is 12.4 Å². The second kappa shape index (κ2) is 9.35. The smallest absolute Gasteiger partial charge is 0.246 e. The molecule has 1 unspecified atom stereocenters. The van der Waals surface area contributed by atoms with E-state index in [1.54, 1.807) is 30.3 Å². The Morgan fingerprint density at radius 3 is 2.43 bits per heavy atom. The zero-order valence-electron chi connectivity index (χ0n) is 15.6. The number of rotatable bonds is 7. The molecule has 0 aromatic heterocycles. The monoisotopic (exact) mass is 490 g/mol. The van der Waals surface area contributed by atoms with E-state index in [1.807, 2.05) is 13.8 Å². The minimum absolute atomic E-state index is 0.0333. The Bertz CT molecular complexity index is 955. The van der Waals surface area contributed by atoms with Crippen LogP contribution in [0.15, 0.2) is 51.8 Å². The summed E-state index contributed by atoms with van der Waals surface area (Å²) in [5.41, 5.74) is 0.549. The van der Waals surface area contributed by atoms with Crippen molar-refractivity contribution in [1.82, 2.24) is 4.31 Å². The number of nitrogens with one attached hydrogen (secondary N) is 1. The van der Waals surface area contributed by atoms with Gasteiger partial charge in [-0.3, -0.25) is 4.79 Å². The lowest BCUT2D eigenvalue weighted by atomic mass is 10.0. The average molecular weight is 492 g/mol. The highest BCUT2D eigenvalue weighted by molar-refractivity contribution is 9.10. The van der Waals surface area contributed by atoms with E-state index in [0.717, 1.165) is 16.4 Å². The zero-order valence-corrected chi connectivity index (χ0v) is 18.8. The van der Waals surface area contributed by atoms with Crippen LogP contribution in [0.25, 0.3) is 0 Å². The summed E-state index contributed by atoms with van der Waals surface area (Å²) in [5, 5.41) is 2.77. The van der Waals surface area contributed by atoms with Gasteiger partial charge in [-0.05, 0) is 52.5 Å². The van der Waals surface area contributed by atoms with Crippen LogP contribution in [0.2, 0.25) is 5.02 Å². The molecule has 0 saturated carbocycles. The summed E-state index contributed by atoms with van der Waals surface area (Å²) in [6.45, 7) is 3.76. The minimum Gasteiger partial charge on any atom is -0.325 e. The van der Waals surface area contributed by atoms with Crippen LogP contribution in [-0.2, 0) is 14.8 Å². The number of halogens is 3. The molecular weight excluding hydrogens is 471 g/mol. The number of anilines is 1. The largest absolute Gasteiger partial charge is 0.325 e. The average Bonchev–Trinajstić information content (AvgIpc) is 2.62. The molecule has 2 rings (SSSR count). The molecule has 0 heterocycles. The SMILES string of the molecule is CC(C)CC(C(=O)Nc1ccccc1)N(C)S(=O)(=O)c1cc(Br)c(Cl)cc1F. The van der Waals surface area contributed by atoms with Crippen LogP contribution in [0.4, 0.5) is 10.1 Å². The van der Waals surface area contributed by atoms with E-state index in [9.17, 15) is 17.6 Å². The molecule has 0 fully saturated rings. The van der Waals surface area contributed by atoms with E-state index in [1.165, 1.54) is 7.05 Å². The van der Waals surface area contributed by atoms with E-state index in [-0.39, 0.29) is 21.8 Å². The van der Waals surface area contributed by atoms with Crippen LogP contribution in [0, 0.1) is 11.7 Å². The summed E-state index contributed by atoms with van der Waals surface area (Å²) in [7, 11) is -3.01. The fourth-order valence-electron chi connectivity index (χ4n) is 2.64. The highest BCUT2D eigenvalue weighted by Gasteiger charge is 2.35. The number of sulfonamides is 1. The minimum atomic E-state index is -4.28. The van der Waals surface area contributed by atoms with Crippen molar-refractivity contribution in [3.05, 3.63) is 57.8 Å². The highest BCUT2D eigenvalue weighted by Crippen LogP contribution is 2.30. The van der Waals surface area contributed by atoms with Crippen LogP contribution in [-0.4, -0.2) is 31.7 Å². The Morgan fingerprint density at radius 2 is 1.86 bits per heavy atom. The van der Waals surface area contributed by atoms with Gasteiger partial charge in [-0.25, -0.2) is 12.8 Å². The zero-order chi connectivity index (χ0) is 21.1. The standard InChI is InChI=1S/C19H21BrClFN2O3S/c1-12(2)9-17(19(25)23-13-7-5-4-6-8-13)24(3)28(26,27)18-10-14(20)15(21)11-16(18)22/h4-8,10-12,17H,9H2,1-3H3,(H,23,25). The molecule has 2 aromatic carbocycles. The third-order valence-electron chi connectivity index (χ3n) is 4.11. The van der Waals surface area contributed by atoms with Gasteiger partial charge in [0.15, 0.2) is 0 Å². The maximum atomic E-state index is 14.3. The molecule has 1 amide bonds. The Labute approximate surface area is 178 Å². The quantitative estimate of drug-likeness (QED) is 0.559. The number of hydrogen-bond donors (Lipinski definition) is 1. The summed E-state index contributed by atoms with van der Waals surface area (Å²) < 4.78 is 41.6. The molecule has 0 spiro atoms. The van der Waals surface area contributed by atoms with E-state index in [0.29, 0.717) is 5.69 Å². The molecule has 152 valence electrons. The lowest BCUT2D eigenvalue weighted by Gasteiger charge is -2.28. The summed E-state index contributed by atoms with van der Waals surface area (Å²) in [5.74, 6) is -1.43. The molecule has 1 N–H and O–H groups in total. The number of hydrogen-bond acceptors (Lipinski definition) is 3. The lowest BCUT2D eigenvalue weighted by molar-refractivity contribution is -0.120. The van der Waals surface area contributed by atoms with Gasteiger partial charge in [0.2, 0.25) is 15.9 Å². The van der Waals surface area contributed by atoms with Crippen LogP contribution in [0.3, 0.4) is 0 Å². The molecule has 0 aliphatic rings. The van der Waals surface area contributed by atoms with Gasteiger partial charge in [0.25, 0.3) is 0 Å². The number of para-hydroxylation sites is 1. The molecule has 0 saturated heterocycles. The first-order valence-corrected chi connectivity index (χ1v) is 11.1. The Hall–Kier alpha value is -1.48. The summed E-state index contributed by atoms with van der Waals surface area (Å²) in [6, 6.07) is 9.74. The molecular formula is C19H21BrClFN2O3S. The topological polar surface area (TPSA) is 66.5 Å². The Balaban J connectivity index is 2.39. The summed E-state index contributed by atoms with van der Waals surface area (Å²) in [6.07, 6.45) is 0.269. The fourth-order valence-corrected chi connectivity index (χ4v) is 4.68. The summed E-state index contributed by atoms with van der Waals surface area (Å²) in [4.78, 5) is 12.3. The third kappa shape index (κ3) is 5.31. The molecule has 5 nitrogen and oxygen atoms in total. The normalized spacial score (nSPS) is 13.0. The van der Waals surface area contributed by atoms with Gasteiger partial charge in [0.05, 0.1) is 5.02 Å². The molecule has 0 aliphatic heterocycles. The maximum Gasteiger partial charge on any atom is 0.246 e. The van der Waals surface area contributed by atoms with Crippen molar-refractivity contribution in [1.29, 1.82) is 0 Å². The van der Waals surface area contributed by atoms with E-state index in [2.05, 4.69) is 21.2 Å². The van der Waals surface area contributed by atoms with Crippen molar-refractivity contribution in [2.45, 2.75) is 31.2 Å². The van der Waals surface area contributed by atoms with Gasteiger partial charge in [-0.1, -0.05) is 43.6 Å². The van der Waals surface area contributed by atoms with Crippen LogP contribution in [0.1, 0.15) is 20.3 Å². The van der Waals surface area contributed by atoms with Crippen LogP contribution >= 0.6 is 27.5 Å². The number of carbonyl (C=O) groups excluding carboxylic acids is 1. The number of amides is 1. The molecule has 1 atom stereocenters. The van der Waals surface area contributed by atoms with Crippen molar-refractivity contribution in [3.63, 3.8) is 0 Å². The van der Waals surface area contributed by atoms with Crippen molar-refractivity contribution >= 4 is 49.1 Å². The van der Waals surface area contributed by atoms with Gasteiger partial charge in [0.1, 0.15) is 16.8 Å². The lowest BCUT2D eigenvalue weighted by Crippen LogP contribution is -2.46. The molecule has 28 heavy (non-hydrogen) atoms. The van der Waals surface area contributed by atoms with Crippen LogP contribution in [0.5, 0.6) is 0 Å². The van der Waals surface area contributed by atoms with Gasteiger partial charge < -0.3 is 5.32 Å². The maximum absolute atomic E-state index is 14.3. The molecule has 0 bridgehead atoms. The second-order valence-electron chi connectivity index (χ2n) is 6.72. The first-order chi connectivity index (χ1) is 13.0. The van der Waals surface area contributed by atoms with E-state index >= 15 is 0 Å². The van der Waals surface area contributed by atoms with Gasteiger partial charge >= 0.3 is 0 Å². The molecule has 0 radical (unpaired) electrons. The molecule has 9 heteroatoms. The number of likely N-dealkylation sites (N-methyl/N-ethyl adjacent to an activating group) is 1. The number of nitrogens with zero attached hydrogens (tertiary/aromatic N) is 1. The first-order valence-electron chi connectivity index (χ1n) is 8.52. The van der Waals surface area contributed by atoms with Gasteiger partial charge in [-0.15, -0.1) is 0 Å². The van der Waals surface area contributed by atoms with Crippen molar-refractivity contribution in [3.8, 4) is 0 Å². The fraction of sp³-hybridized carbons (Fsp3) is 0.316. The number of carbonyl (C=O) groups is 1. The first kappa shape index (κ1) is 22.8. The highest BCUT2D eigenvalue weighted by atomic mass is 79.9. The predicted molar refractivity (Wildman–Crippen MR) is 112 cm³/mol. The molecule has 0 aliphatic carbocycles. The number of benzene rings is 2. The van der Waals surface area contributed by atoms with Gasteiger partial charge in [0, 0.05) is 17.2 Å². The van der Waals surface area contributed by atoms with Crippen LogP contribution < -0.4 is 5.32 Å². The second-order valence-corrected chi connectivity index (χ2v) is 9.95. The molecule has 2 aromatic rings. The summed E-state index contributed by atoms with van der Waals surface area (Å²) >= 11 is 8.94.